The number of hydrogen-bond acceptors (Lipinski definition) is 2. The third kappa shape index (κ3) is 4.35. The fraction of sp³-hybridized carbons (Fsp3) is 0.800. The second kappa shape index (κ2) is 6.81. The van der Waals surface area contributed by atoms with E-state index in [1.54, 1.807) is 0 Å². The van der Waals surface area contributed by atoms with Gasteiger partial charge in [-0.3, -0.25) is 0 Å². The lowest BCUT2D eigenvalue weighted by atomic mass is 10.0. The molecule has 0 radical (unpaired) electrons. The number of hydrogen-bond donors (Lipinski definition) is 1. The summed E-state index contributed by atoms with van der Waals surface area (Å²) in [6, 6.07) is 0.510. The number of nitrogens with one attached hydrogen (secondary N) is 1. The summed E-state index contributed by atoms with van der Waals surface area (Å²) in [7, 11) is 0. The highest BCUT2D eigenvalue weighted by Gasteiger charge is 2.14. The Hall–Kier alpha value is -0.990. The topological polar surface area (TPSA) is 29.9 Å². The summed E-state index contributed by atoms with van der Waals surface area (Å²) in [5.74, 6) is 2.43. The molecule has 1 rings (SSSR count). The second-order valence-electron chi connectivity index (χ2n) is 5.99. The van der Waals surface area contributed by atoms with Crippen LogP contribution in [0.2, 0.25) is 0 Å². The molecule has 0 amide bonds. The molecule has 0 aliphatic heterocycles. The van der Waals surface area contributed by atoms with E-state index in [0.29, 0.717) is 12.0 Å². The van der Waals surface area contributed by atoms with E-state index in [-0.39, 0.29) is 0 Å². The smallest absolute Gasteiger partial charge is 0.203 e. The number of aryl methyl sites for hydroxylation is 1. The Kier molecular flexibility index (Phi) is 5.70. The van der Waals surface area contributed by atoms with Gasteiger partial charge in [0.15, 0.2) is 0 Å². The number of rotatable bonds is 7. The lowest BCUT2D eigenvalue weighted by molar-refractivity contribution is 0.400. The summed E-state index contributed by atoms with van der Waals surface area (Å²) in [4.78, 5) is 4.59. The highest BCUT2D eigenvalue weighted by atomic mass is 15.2. The van der Waals surface area contributed by atoms with Gasteiger partial charge in [-0.2, -0.15) is 0 Å². The molecule has 0 aromatic carbocycles. The van der Waals surface area contributed by atoms with Gasteiger partial charge < -0.3 is 9.88 Å². The van der Waals surface area contributed by atoms with Gasteiger partial charge in [-0.15, -0.1) is 0 Å². The Morgan fingerprint density at radius 3 is 2.50 bits per heavy atom. The van der Waals surface area contributed by atoms with Gasteiger partial charge in [-0.25, -0.2) is 4.98 Å². The first kappa shape index (κ1) is 15.1. The van der Waals surface area contributed by atoms with Crippen LogP contribution in [0.15, 0.2) is 6.20 Å². The minimum atomic E-state index is 0.510. The molecule has 1 aromatic heterocycles. The minimum Gasteiger partial charge on any atom is -0.355 e. The molecule has 0 aliphatic rings. The first-order valence-electron chi connectivity index (χ1n) is 7.23. The number of imidazole rings is 1. The molecule has 2 atom stereocenters. The number of nitrogens with zero attached hydrogens (tertiary/aromatic N) is 2. The van der Waals surface area contributed by atoms with Crippen LogP contribution in [0.4, 0.5) is 5.95 Å². The highest BCUT2D eigenvalue weighted by molar-refractivity contribution is 5.29. The van der Waals surface area contributed by atoms with E-state index in [1.807, 2.05) is 0 Å². The van der Waals surface area contributed by atoms with E-state index >= 15 is 0 Å². The molecular weight excluding hydrogens is 222 g/mol. The molecular formula is C15H29N3. The Morgan fingerprint density at radius 2 is 1.94 bits per heavy atom. The number of aromatic nitrogens is 2. The fourth-order valence-electron chi connectivity index (χ4n) is 2.14. The van der Waals surface area contributed by atoms with Crippen molar-refractivity contribution in [2.45, 2.75) is 60.4 Å². The fourth-order valence-corrected chi connectivity index (χ4v) is 2.14. The third-order valence-corrected chi connectivity index (χ3v) is 3.44. The maximum Gasteiger partial charge on any atom is 0.203 e. The van der Waals surface area contributed by atoms with Crippen molar-refractivity contribution in [2.75, 3.05) is 11.9 Å². The Morgan fingerprint density at radius 1 is 1.28 bits per heavy atom. The van der Waals surface area contributed by atoms with E-state index in [4.69, 9.17) is 0 Å². The van der Waals surface area contributed by atoms with Crippen LogP contribution >= 0.6 is 0 Å². The second-order valence-corrected chi connectivity index (χ2v) is 5.99. The van der Waals surface area contributed by atoms with Crippen molar-refractivity contribution in [1.82, 2.24) is 9.55 Å². The summed E-state index contributed by atoms with van der Waals surface area (Å²) in [5, 5.41) is 3.46. The molecule has 2 unspecified atom stereocenters. The molecule has 0 saturated heterocycles. The van der Waals surface area contributed by atoms with Crippen molar-refractivity contribution in [2.24, 2.45) is 11.8 Å². The Labute approximate surface area is 112 Å². The van der Waals surface area contributed by atoms with Crippen LogP contribution in [0.5, 0.6) is 0 Å². The maximum atomic E-state index is 4.59. The maximum absolute atomic E-state index is 4.59. The van der Waals surface area contributed by atoms with Gasteiger partial charge in [0.05, 0.1) is 5.69 Å². The molecule has 18 heavy (non-hydrogen) atoms. The van der Waals surface area contributed by atoms with Crippen LogP contribution < -0.4 is 5.32 Å². The summed E-state index contributed by atoms with van der Waals surface area (Å²) in [5.41, 5.74) is 1.09. The average molecular weight is 251 g/mol. The normalized spacial score (nSPS) is 14.8. The third-order valence-electron chi connectivity index (χ3n) is 3.44. The summed E-state index contributed by atoms with van der Waals surface area (Å²) < 4.78 is 2.30. The van der Waals surface area contributed by atoms with Gasteiger partial charge in [0.25, 0.3) is 0 Å². The largest absolute Gasteiger partial charge is 0.355 e. The van der Waals surface area contributed by atoms with Gasteiger partial charge in [-0.1, -0.05) is 34.1 Å². The van der Waals surface area contributed by atoms with Crippen LogP contribution in [-0.4, -0.2) is 16.1 Å². The lowest BCUT2D eigenvalue weighted by Crippen LogP contribution is -2.16. The van der Waals surface area contributed by atoms with E-state index in [1.165, 1.54) is 12.8 Å². The molecule has 0 aliphatic carbocycles. The van der Waals surface area contributed by atoms with Gasteiger partial charge in [0, 0.05) is 18.8 Å². The molecule has 0 bridgehead atoms. The van der Waals surface area contributed by atoms with E-state index < -0.39 is 0 Å². The predicted octanol–water partition coefficient (Wildman–Crippen LogP) is 4.26. The minimum absolute atomic E-state index is 0.510. The summed E-state index contributed by atoms with van der Waals surface area (Å²) in [6.07, 6.45) is 4.62. The van der Waals surface area contributed by atoms with Crippen LogP contribution in [-0.2, 0) is 0 Å². The Bertz CT molecular complexity index is 355. The molecule has 1 N–H and O–H groups in total. The standard InChI is InChI=1S/C15H29N3/c1-7-12(4)8-14(6)18-10-13(5)17-15(18)16-9-11(2)3/h10-12,14H,7-9H2,1-6H3,(H,16,17). The van der Waals surface area contributed by atoms with Crippen LogP contribution in [0.1, 0.15) is 59.2 Å². The molecule has 3 nitrogen and oxygen atoms in total. The zero-order valence-electron chi connectivity index (χ0n) is 12.8. The van der Waals surface area contributed by atoms with E-state index in [9.17, 15) is 0 Å². The van der Waals surface area contributed by atoms with Gasteiger partial charge in [-0.05, 0) is 32.1 Å². The van der Waals surface area contributed by atoms with E-state index in [0.717, 1.165) is 24.1 Å². The van der Waals surface area contributed by atoms with Crippen molar-refractivity contribution in [3.63, 3.8) is 0 Å². The van der Waals surface area contributed by atoms with Crippen molar-refractivity contribution >= 4 is 5.95 Å². The van der Waals surface area contributed by atoms with Crippen molar-refractivity contribution in [1.29, 1.82) is 0 Å². The van der Waals surface area contributed by atoms with Crippen molar-refractivity contribution in [3.8, 4) is 0 Å². The molecule has 1 heterocycles. The van der Waals surface area contributed by atoms with Crippen molar-refractivity contribution < 1.29 is 0 Å². The molecule has 104 valence electrons. The molecule has 1 aromatic rings. The first-order chi connectivity index (χ1) is 8.43. The van der Waals surface area contributed by atoms with Gasteiger partial charge in [0.1, 0.15) is 0 Å². The molecule has 0 saturated carbocycles. The summed E-state index contributed by atoms with van der Waals surface area (Å²) >= 11 is 0. The SMILES string of the molecule is CCC(C)CC(C)n1cc(C)nc1NCC(C)C. The zero-order chi connectivity index (χ0) is 13.7. The monoisotopic (exact) mass is 251 g/mol. The van der Waals surface area contributed by atoms with Crippen LogP contribution in [0.3, 0.4) is 0 Å². The predicted molar refractivity (Wildman–Crippen MR) is 79.1 cm³/mol. The average Bonchev–Trinajstić information content (AvgIpc) is 2.67. The Balaban J connectivity index is 2.74. The zero-order valence-corrected chi connectivity index (χ0v) is 12.8. The molecule has 0 spiro atoms. The highest BCUT2D eigenvalue weighted by Crippen LogP contribution is 2.23. The molecule has 3 heteroatoms. The molecule has 0 fully saturated rings. The van der Waals surface area contributed by atoms with Gasteiger partial charge >= 0.3 is 0 Å². The van der Waals surface area contributed by atoms with Gasteiger partial charge in [0.2, 0.25) is 5.95 Å². The van der Waals surface area contributed by atoms with Crippen LogP contribution in [0, 0.1) is 18.8 Å². The van der Waals surface area contributed by atoms with Crippen LogP contribution in [0.25, 0.3) is 0 Å². The number of anilines is 1. The first-order valence-corrected chi connectivity index (χ1v) is 7.23. The summed E-state index contributed by atoms with van der Waals surface area (Å²) in [6.45, 7) is 14.3. The lowest BCUT2D eigenvalue weighted by Gasteiger charge is -2.20. The van der Waals surface area contributed by atoms with E-state index in [2.05, 4.69) is 62.6 Å². The quantitative estimate of drug-likeness (QED) is 0.785. The van der Waals surface area contributed by atoms with Crippen molar-refractivity contribution in [3.05, 3.63) is 11.9 Å².